The largest absolute Gasteiger partial charge is 0.371 e. The van der Waals surface area contributed by atoms with Gasteiger partial charge in [-0.15, -0.1) is 0 Å². The number of morpholine rings is 1. The molecule has 5 heteroatoms. The van der Waals surface area contributed by atoms with Crippen LogP contribution in [0.5, 0.6) is 0 Å². The number of aromatic nitrogens is 2. The number of hydrogen-bond acceptors (Lipinski definition) is 3. The van der Waals surface area contributed by atoms with E-state index in [2.05, 4.69) is 27.0 Å². The Morgan fingerprint density at radius 3 is 2.80 bits per heavy atom. The van der Waals surface area contributed by atoms with Gasteiger partial charge in [0.25, 0.3) is 0 Å². The Kier molecular flexibility index (Phi) is 5.39. The fourth-order valence-electron chi connectivity index (χ4n) is 4.04. The lowest BCUT2D eigenvalue weighted by Gasteiger charge is -2.32. The van der Waals surface area contributed by atoms with Crippen molar-refractivity contribution < 1.29 is 4.74 Å². The van der Waals surface area contributed by atoms with Crippen molar-refractivity contribution in [3.63, 3.8) is 0 Å². The fraction of sp³-hybridized carbons (Fsp3) is 0.550. The van der Waals surface area contributed by atoms with E-state index in [4.69, 9.17) is 16.3 Å². The molecule has 2 fully saturated rings. The molecule has 134 valence electrons. The first-order chi connectivity index (χ1) is 12.3. The highest BCUT2D eigenvalue weighted by Crippen LogP contribution is 2.27. The zero-order valence-electron chi connectivity index (χ0n) is 14.6. The molecule has 0 spiro atoms. The van der Waals surface area contributed by atoms with Crippen molar-refractivity contribution in [1.29, 1.82) is 0 Å². The zero-order valence-corrected chi connectivity index (χ0v) is 15.3. The number of hydrogen-bond donors (Lipinski definition) is 1. The van der Waals surface area contributed by atoms with Gasteiger partial charge in [0.2, 0.25) is 0 Å². The Balaban J connectivity index is 1.34. The van der Waals surface area contributed by atoms with E-state index in [0.29, 0.717) is 0 Å². The quantitative estimate of drug-likeness (QED) is 0.861. The maximum atomic E-state index is 5.99. The van der Waals surface area contributed by atoms with Gasteiger partial charge in [-0.3, -0.25) is 4.90 Å². The van der Waals surface area contributed by atoms with Crippen LogP contribution in [-0.4, -0.2) is 34.6 Å². The van der Waals surface area contributed by atoms with Crippen LogP contribution < -0.4 is 0 Å². The molecule has 1 aliphatic carbocycles. The van der Waals surface area contributed by atoms with Crippen molar-refractivity contribution in [1.82, 2.24) is 14.9 Å². The molecule has 4 rings (SSSR count). The zero-order chi connectivity index (χ0) is 17.1. The second kappa shape index (κ2) is 7.90. The number of benzene rings is 1. The highest BCUT2D eigenvalue weighted by Gasteiger charge is 2.23. The van der Waals surface area contributed by atoms with Crippen LogP contribution in [0.15, 0.2) is 30.5 Å². The van der Waals surface area contributed by atoms with Crippen molar-refractivity contribution in [3.8, 4) is 0 Å². The van der Waals surface area contributed by atoms with Gasteiger partial charge < -0.3 is 9.72 Å². The summed E-state index contributed by atoms with van der Waals surface area (Å²) in [4.78, 5) is 10.6. The minimum Gasteiger partial charge on any atom is -0.371 e. The van der Waals surface area contributed by atoms with Gasteiger partial charge in [0.1, 0.15) is 5.82 Å². The molecule has 1 atom stereocenters. The lowest BCUT2D eigenvalue weighted by Crippen LogP contribution is -2.37. The van der Waals surface area contributed by atoms with E-state index in [9.17, 15) is 0 Å². The molecular formula is C20H26ClN3O. The van der Waals surface area contributed by atoms with Gasteiger partial charge in [-0.05, 0) is 23.6 Å². The Labute approximate surface area is 154 Å². The Morgan fingerprint density at radius 2 is 2.00 bits per heavy atom. The first-order valence-electron chi connectivity index (χ1n) is 9.38. The highest BCUT2D eigenvalue weighted by atomic mass is 35.5. The Morgan fingerprint density at radius 1 is 1.20 bits per heavy atom. The summed E-state index contributed by atoms with van der Waals surface area (Å²) in [5.74, 6) is 1.99. The maximum absolute atomic E-state index is 5.99. The lowest BCUT2D eigenvalue weighted by molar-refractivity contribution is -0.0332. The maximum Gasteiger partial charge on any atom is 0.106 e. The topological polar surface area (TPSA) is 41.2 Å². The van der Waals surface area contributed by atoms with Gasteiger partial charge in [0, 0.05) is 43.0 Å². The smallest absolute Gasteiger partial charge is 0.106 e. The molecule has 1 saturated heterocycles. The minimum absolute atomic E-state index is 0.117. The average Bonchev–Trinajstić information content (AvgIpc) is 3.28. The van der Waals surface area contributed by atoms with Crippen molar-refractivity contribution in [2.75, 3.05) is 19.7 Å². The van der Waals surface area contributed by atoms with Crippen molar-refractivity contribution in [2.45, 2.75) is 44.8 Å². The molecule has 0 bridgehead atoms. The third kappa shape index (κ3) is 4.43. The van der Waals surface area contributed by atoms with Gasteiger partial charge >= 0.3 is 0 Å². The lowest BCUT2D eigenvalue weighted by atomic mass is 10.0. The van der Waals surface area contributed by atoms with Crippen LogP contribution in [-0.2, 0) is 17.7 Å². The van der Waals surface area contributed by atoms with Crippen molar-refractivity contribution in [3.05, 3.63) is 52.6 Å². The molecule has 4 nitrogen and oxygen atoms in total. The first kappa shape index (κ1) is 17.1. The van der Waals surface area contributed by atoms with Crippen LogP contribution in [0.4, 0.5) is 0 Å². The third-order valence-electron chi connectivity index (χ3n) is 5.42. The number of halogens is 1. The summed E-state index contributed by atoms with van der Waals surface area (Å²) >= 11 is 5.99. The minimum atomic E-state index is 0.117. The fourth-order valence-corrected chi connectivity index (χ4v) is 4.17. The van der Waals surface area contributed by atoms with Crippen LogP contribution in [0, 0.1) is 5.92 Å². The van der Waals surface area contributed by atoms with Gasteiger partial charge in [0.15, 0.2) is 0 Å². The highest BCUT2D eigenvalue weighted by molar-refractivity contribution is 6.30. The molecular weight excluding hydrogens is 334 g/mol. The van der Waals surface area contributed by atoms with E-state index in [1.54, 1.807) is 0 Å². The van der Waals surface area contributed by atoms with Gasteiger partial charge in [-0.25, -0.2) is 4.98 Å². The first-order valence-corrected chi connectivity index (χ1v) is 9.76. The normalized spacial score (nSPS) is 22.5. The third-order valence-corrected chi connectivity index (χ3v) is 5.68. The van der Waals surface area contributed by atoms with Gasteiger partial charge in [-0.2, -0.15) is 0 Å². The molecule has 0 unspecified atom stereocenters. The summed E-state index contributed by atoms with van der Waals surface area (Å²) in [7, 11) is 0. The van der Waals surface area contributed by atoms with Crippen LogP contribution >= 0.6 is 11.6 Å². The Hall–Kier alpha value is -1.36. The van der Waals surface area contributed by atoms with Crippen LogP contribution in [0.25, 0.3) is 0 Å². The molecule has 1 aliphatic heterocycles. The SMILES string of the molecule is Clc1ccc([C@H]2CN(Cc3cnc(CC4CCCC4)[nH]3)CCO2)cc1. The Bertz CT molecular complexity index is 679. The molecule has 2 heterocycles. The number of ether oxygens (including phenoxy) is 1. The number of H-pyrrole nitrogens is 1. The van der Waals surface area contributed by atoms with Gasteiger partial charge in [0.05, 0.1) is 12.7 Å². The molecule has 0 radical (unpaired) electrons. The summed E-state index contributed by atoms with van der Waals surface area (Å²) in [6.07, 6.45) is 8.74. The monoisotopic (exact) mass is 359 g/mol. The van der Waals surface area contributed by atoms with Crippen LogP contribution in [0.2, 0.25) is 5.02 Å². The van der Waals surface area contributed by atoms with E-state index in [-0.39, 0.29) is 6.10 Å². The molecule has 1 N–H and O–H groups in total. The molecule has 25 heavy (non-hydrogen) atoms. The molecule has 1 aromatic heterocycles. The summed E-state index contributed by atoms with van der Waals surface area (Å²) in [5, 5.41) is 0.767. The number of imidazole rings is 1. The summed E-state index contributed by atoms with van der Waals surface area (Å²) in [6.45, 7) is 3.53. The summed E-state index contributed by atoms with van der Waals surface area (Å²) < 4.78 is 5.96. The van der Waals surface area contributed by atoms with Crippen molar-refractivity contribution in [2.24, 2.45) is 5.92 Å². The molecule has 0 amide bonds. The van der Waals surface area contributed by atoms with E-state index >= 15 is 0 Å². The summed E-state index contributed by atoms with van der Waals surface area (Å²) in [6, 6.07) is 7.99. The number of aromatic amines is 1. The summed E-state index contributed by atoms with van der Waals surface area (Å²) in [5.41, 5.74) is 2.41. The second-order valence-corrected chi connectivity index (χ2v) is 7.79. The molecule has 2 aliphatic rings. The molecule has 2 aromatic rings. The number of rotatable bonds is 5. The average molecular weight is 360 g/mol. The molecule has 1 aromatic carbocycles. The second-order valence-electron chi connectivity index (χ2n) is 7.36. The van der Waals surface area contributed by atoms with Crippen LogP contribution in [0.3, 0.4) is 0 Å². The van der Waals surface area contributed by atoms with Gasteiger partial charge in [-0.1, -0.05) is 49.4 Å². The van der Waals surface area contributed by atoms with E-state index < -0.39 is 0 Å². The number of nitrogens with one attached hydrogen (secondary N) is 1. The standard InChI is InChI=1S/C20H26ClN3O/c21-17-7-5-16(6-8-17)19-14-24(9-10-25-19)13-18-12-22-20(23-18)11-15-3-1-2-4-15/h5-8,12,15,19H,1-4,9-11,13-14H2,(H,22,23)/t19-/m1/s1. The molecule has 1 saturated carbocycles. The van der Waals surface area contributed by atoms with Crippen molar-refractivity contribution >= 4 is 11.6 Å². The predicted octanol–water partition coefficient (Wildman–Crippen LogP) is 4.37. The predicted molar refractivity (Wildman–Crippen MR) is 99.7 cm³/mol. The van der Waals surface area contributed by atoms with E-state index in [0.717, 1.165) is 49.4 Å². The number of nitrogens with zero attached hydrogens (tertiary/aromatic N) is 2. The van der Waals surface area contributed by atoms with E-state index in [1.165, 1.54) is 36.9 Å². The van der Waals surface area contributed by atoms with Crippen LogP contribution in [0.1, 0.15) is 48.9 Å². The van der Waals surface area contributed by atoms with E-state index in [1.807, 2.05) is 18.3 Å².